The van der Waals surface area contributed by atoms with Crippen LogP contribution in [0.5, 0.6) is 0 Å². The molecular weight excluding hydrogens is 378 g/mol. The zero-order valence-electron chi connectivity index (χ0n) is 18.2. The van der Waals surface area contributed by atoms with E-state index in [1.807, 2.05) is 36.2 Å². The van der Waals surface area contributed by atoms with Gasteiger partial charge in [0.1, 0.15) is 0 Å². The number of ether oxygens (including phenoxy) is 1. The predicted octanol–water partition coefficient (Wildman–Crippen LogP) is 1.83. The number of para-hydroxylation sites is 1. The summed E-state index contributed by atoms with van der Waals surface area (Å²) in [4.78, 5) is 20.3. The SMILES string of the molecule is CN1CCN(C[C@H]2CO[C@]3(CCCN(C(=O)c4nn(C)c5ccccc45)C3)C2)CC1. The van der Waals surface area contributed by atoms with Gasteiger partial charge in [0, 0.05) is 51.7 Å². The van der Waals surface area contributed by atoms with Crippen molar-refractivity contribution in [2.75, 3.05) is 59.5 Å². The van der Waals surface area contributed by atoms with E-state index in [4.69, 9.17) is 4.74 Å². The van der Waals surface area contributed by atoms with E-state index in [2.05, 4.69) is 21.9 Å². The van der Waals surface area contributed by atoms with Gasteiger partial charge in [-0.25, -0.2) is 0 Å². The maximum absolute atomic E-state index is 13.4. The average Bonchev–Trinajstić information content (AvgIpc) is 3.30. The van der Waals surface area contributed by atoms with Gasteiger partial charge in [0.2, 0.25) is 0 Å². The van der Waals surface area contributed by atoms with Gasteiger partial charge in [-0.3, -0.25) is 9.48 Å². The molecule has 0 aliphatic carbocycles. The van der Waals surface area contributed by atoms with Crippen LogP contribution in [0.1, 0.15) is 29.8 Å². The lowest BCUT2D eigenvalue weighted by molar-refractivity contribution is -0.0451. The van der Waals surface area contributed by atoms with Gasteiger partial charge in [-0.1, -0.05) is 18.2 Å². The molecule has 4 heterocycles. The number of benzene rings is 1. The molecular formula is C23H33N5O2. The molecule has 5 rings (SSSR count). The summed E-state index contributed by atoms with van der Waals surface area (Å²) < 4.78 is 8.22. The normalized spacial score (nSPS) is 28.6. The van der Waals surface area contributed by atoms with E-state index >= 15 is 0 Å². The van der Waals surface area contributed by atoms with Gasteiger partial charge in [-0.05, 0) is 38.3 Å². The van der Waals surface area contributed by atoms with Crippen molar-refractivity contribution in [2.24, 2.45) is 13.0 Å². The van der Waals surface area contributed by atoms with E-state index in [1.165, 1.54) is 0 Å². The van der Waals surface area contributed by atoms with Crippen molar-refractivity contribution >= 4 is 16.8 Å². The summed E-state index contributed by atoms with van der Waals surface area (Å²) in [6.45, 7) is 8.02. The molecule has 2 aromatic rings. The zero-order chi connectivity index (χ0) is 20.7. The fourth-order valence-electron chi connectivity index (χ4n) is 5.53. The van der Waals surface area contributed by atoms with Crippen LogP contribution in [-0.2, 0) is 11.8 Å². The van der Waals surface area contributed by atoms with Crippen molar-refractivity contribution in [3.63, 3.8) is 0 Å². The summed E-state index contributed by atoms with van der Waals surface area (Å²) in [7, 11) is 4.10. The third-order valence-corrected chi connectivity index (χ3v) is 7.19. The molecule has 0 saturated carbocycles. The first-order valence-corrected chi connectivity index (χ1v) is 11.3. The van der Waals surface area contributed by atoms with Gasteiger partial charge in [-0.2, -0.15) is 5.10 Å². The highest BCUT2D eigenvalue weighted by atomic mass is 16.5. The Hall–Kier alpha value is -1.96. The number of rotatable bonds is 3. The van der Waals surface area contributed by atoms with Crippen LogP contribution in [0.25, 0.3) is 10.9 Å². The Kier molecular flexibility index (Phi) is 5.29. The number of likely N-dealkylation sites (tertiary alicyclic amines) is 1. The highest BCUT2D eigenvalue weighted by Gasteiger charge is 2.45. The largest absolute Gasteiger partial charge is 0.373 e. The molecule has 3 aliphatic rings. The first-order chi connectivity index (χ1) is 14.5. The smallest absolute Gasteiger partial charge is 0.275 e. The molecule has 1 amide bonds. The Morgan fingerprint density at radius 1 is 1.17 bits per heavy atom. The third kappa shape index (κ3) is 3.74. The molecule has 3 saturated heterocycles. The van der Waals surface area contributed by atoms with Gasteiger partial charge in [-0.15, -0.1) is 0 Å². The minimum Gasteiger partial charge on any atom is -0.373 e. The number of nitrogens with zero attached hydrogens (tertiary/aromatic N) is 5. The summed E-state index contributed by atoms with van der Waals surface area (Å²) in [5, 5.41) is 5.49. The Bertz CT molecular complexity index is 919. The summed E-state index contributed by atoms with van der Waals surface area (Å²) in [6, 6.07) is 7.97. The van der Waals surface area contributed by atoms with Crippen LogP contribution in [0.2, 0.25) is 0 Å². The molecule has 0 radical (unpaired) electrons. The molecule has 1 aromatic heterocycles. The molecule has 7 heteroatoms. The molecule has 30 heavy (non-hydrogen) atoms. The summed E-state index contributed by atoms with van der Waals surface area (Å²) >= 11 is 0. The average molecular weight is 412 g/mol. The maximum atomic E-state index is 13.4. The Balaban J connectivity index is 1.26. The first-order valence-electron chi connectivity index (χ1n) is 11.3. The molecule has 0 N–H and O–H groups in total. The first kappa shape index (κ1) is 20.0. The second-order valence-corrected chi connectivity index (χ2v) is 9.49. The molecule has 0 unspecified atom stereocenters. The van der Waals surface area contributed by atoms with Gasteiger partial charge < -0.3 is 19.4 Å². The topological polar surface area (TPSA) is 53.8 Å². The number of likely N-dealkylation sites (N-methyl/N-ethyl adjacent to an activating group) is 1. The highest BCUT2D eigenvalue weighted by Crippen LogP contribution is 2.38. The van der Waals surface area contributed by atoms with Crippen molar-refractivity contribution in [3.8, 4) is 0 Å². The number of aromatic nitrogens is 2. The molecule has 0 bridgehead atoms. The number of fused-ring (bicyclic) bond motifs is 1. The van der Waals surface area contributed by atoms with Crippen LogP contribution < -0.4 is 0 Å². The second-order valence-electron chi connectivity index (χ2n) is 9.49. The second kappa shape index (κ2) is 7.94. The number of carbonyl (C=O) groups excluding carboxylic acids is 1. The van der Waals surface area contributed by atoms with E-state index in [-0.39, 0.29) is 11.5 Å². The summed E-state index contributed by atoms with van der Waals surface area (Å²) in [6.07, 6.45) is 3.11. The van der Waals surface area contributed by atoms with Gasteiger partial charge in [0.05, 0.1) is 24.3 Å². The Morgan fingerprint density at radius 3 is 2.80 bits per heavy atom. The Labute approximate surface area is 178 Å². The molecule has 162 valence electrons. The lowest BCUT2D eigenvalue weighted by atomic mass is 9.86. The quantitative estimate of drug-likeness (QED) is 0.771. The number of piperidine rings is 1. The summed E-state index contributed by atoms with van der Waals surface area (Å²) in [5.74, 6) is 0.608. The van der Waals surface area contributed by atoms with Crippen LogP contribution in [0.15, 0.2) is 24.3 Å². The lowest BCUT2D eigenvalue weighted by Crippen LogP contribution is -2.50. The predicted molar refractivity (Wildman–Crippen MR) is 117 cm³/mol. The molecule has 7 nitrogen and oxygen atoms in total. The third-order valence-electron chi connectivity index (χ3n) is 7.19. The van der Waals surface area contributed by atoms with E-state index in [1.54, 1.807) is 4.68 Å². The number of amides is 1. The number of hydrogen-bond acceptors (Lipinski definition) is 5. The minimum atomic E-state index is -0.171. The van der Waals surface area contributed by atoms with Crippen LogP contribution in [0.4, 0.5) is 0 Å². The van der Waals surface area contributed by atoms with E-state index in [9.17, 15) is 4.79 Å². The van der Waals surface area contributed by atoms with Gasteiger partial charge >= 0.3 is 0 Å². The molecule has 1 spiro atoms. The molecule has 2 atom stereocenters. The van der Waals surface area contributed by atoms with Crippen LogP contribution in [0, 0.1) is 5.92 Å². The number of hydrogen-bond donors (Lipinski definition) is 0. The van der Waals surface area contributed by atoms with Crippen molar-refractivity contribution in [3.05, 3.63) is 30.0 Å². The van der Waals surface area contributed by atoms with Crippen molar-refractivity contribution < 1.29 is 9.53 Å². The number of carbonyl (C=O) groups is 1. The van der Waals surface area contributed by atoms with E-state index in [0.717, 1.165) is 76.0 Å². The van der Waals surface area contributed by atoms with Crippen molar-refractivity contribution in [1.29, 1.82) is 0 Å². The fraction of sp³-hybridized carbons (Fsp3) is 0.652. The highest BCUT2D eigenvalue weighted by molar-refractivity contribution is 6.04. The van der Waals surface area contributed by atoms with E-state index < -0.39 is 0 Å². The monoisotopic (exact) mass is 411 g/mol. The number of piperazine rings is 1. The maximum Gasteiger partial charge on any atom is 0.275 e. The Morgan fingerprint density at radius 2 is 1.97 bits per heavy atom. The van der Waals surface area contributed by atoms with Gasteiger partial charge in [0.25, 0.3) is 5.91 Å². The number of aryl methyl sites for hydroxylation is 1. The molecule has 1 aromatic carbocycles. The molecule has 3 fully saturated rings. The zero-order valence-corrected chi connectivity index (χ0v) is 18.2. The lowest BCUT2D eigenvalue weighted by Gasteiger charge is -2.40. The van der Waals surface area contributed by atoms with Crippen LogP contribution in [0.3, 0.4) is 0 Å². The van der Waals surface area contributed by atoms with Crippen molar-refractivity contribution in [1.82, 2.24) is 24.5 Å². The van der Waals surface area contributed by atoms with Crippen molar-refractivity contribution in [2.45, 2.75) is 24.9 Å². The van der Waals surface area contributed by atoms with Crippen LogP contribution in [-0.4, -0.2) is 95.5 Å². The van der Waals surface area contributed by atoms with Gasteiger partial charge in [0.15, 0.2) is 5.69 Å². The standard InChI is InChI=1S/C23H33N5O2/c1-25-10-12-27(13-11-25)15-18-14-23(30-16-18)8-5-9-28(17-23)22(29)21-19-6-3-4-7-20(19)26(2)24-21/h3-4,6-7,18H,5,8-17H2,1-2H3/t18-,23+/m0/s1. The fourth-order valence-corrected chi connectivity index (χ4v) is 5.53. The summed E-state index contributed by atoms with van der Waals surface area (Å²) in [5.41, 5.74) is 1.39. The van der Waals surface area contributed by atoms with Crippen LogP contribution >= 0.6 is 0 Å². The van der Waals surface area contributed by atoms with E-state index in [0.29, 0.717) is 18.2 Å². The molecule has 3 aliphatic heterocycles. The minimum absolute atomic E-state index is 0.0389.